The first kappa shape index (κ1) is 15.0. The zero-order chi connectivity index (χ0) is 13.2. The van der Waals surface area contributed by atoms with Crippen LogP contribution in [0.2, 0.25) is 0 Å². The highest BCUT2D eigenvalue weighted by molar-refractivity contribution is 5.44. The van der Waals surface area contributed by atoms with Gasteiger partial charge in [-0.1, -0.05) is 25.5 Å². The molecule has 0 saturated heterocycles. The van der Waals surface area contributed by atoms with Gasteiger partial charge in [-0.3, -0.25) is 0 Å². The quantitative estimate of drug-likeness (QED) is 0.466. The number of nitrogens with one attached hydrogen (secondary N) is 1. The van der Waals surface area contributed by atoms with Gasteiger partial charge in [0.2, 0.25) is 0 Å². The third-order valence-corrected chi connectivity index (χ3v) is 3.04. The molecule has 0 heterocycles. The minimum absolute atomic E-state index is 0.474. The fourth-order valence-electron chi connectivity index (χ4n) is 1.90. The predicted octanol–water partition coefficient (Wildman–Crippen LogP) is 2.89. The molecule has 1 aromatic rings. The summed E-state index contributed by atoms with van der Waals surface area (Å²) in [6.45, 7) is 2.90. The van der Waals surface area contributed by atoms with E-state index >= 15 is 0 Å². The molecule has 0 amide bonds. The molecule has 0 spiro atoms. The van der Waals surface area contributed by atoms with Crippen LogP contribution in [0, 0.1) is 0 Å². The number of nitrogens with two attached hydrogens (primary N) is 1. The summed E-state index contributed by atoms with van der Waals surface area (Å²) in [5.41, 5.74) is 7.76. The number of anilines is 1. The number of aliphatic hydroxyl groups is 1. The van der Waals surface area contributed by atoms with E-state index in [9.17, 15) is 5.11 Å². The molecule has 1 aromatic carbocycles. The highest BCUT2D eigenvalue weighted by Crippen LogP contribution is 2.13. The summed E-state index contributed by atoms with van der Waals surface area (Å²) in [5, 5.41) is 12.9. The lowest BCUT2D eigenvalue weighted by Crippen LogP contribution is -2.18. The Morgan fingerprint density at radius 1 is 1.17 bits per heavy atom. The number of rotatable bonds is 9. The SMILES string of the molecule is CCCCc1ccc(NC(O)CCCCN)cc1. The lowest BCUT2D eigenvalue weighted by Gasteiger charge is -2.14. The first-order valence-electron chi connectivity index (χ1n) is 7.00. The lowest BCUT2D eigenvalue weighted by atomic mass is 10.1. The van der Waals surface area contributed by atoms with Crippen LogP contribution in [0.5, 0.6) is 0 Å². The molecule has 0 aliphatic carbocycles. The van der Waals surface area contributed by atoms with E-state index < -0.39 is 6.23 Å². The van der Waals surface area contributed by atoms with Gasteiger partial charge in [-0.25, -0.2) is 0 Å². The maximum absolute atomic E-state index is 9.79. The Kier molecular flexibility index (Phi) is 7.46. The molecule has 0 fully saturated rings. The molecule has 0 saturated carbocycles. The Labute approximate surface area is 110 Å². The van der Waals surface area contributed by atoms with Crippen LogP contribution in [0.3, 0.4) is 0 Å². The molecule has 1 rings (SSSR count). The summed E-state index contributed by atoms with van der Waals surface area (Å²) in [7, 11) is 0. The Morgan fingerprint density at radius 2 is 1.89 bits per heavy atom. The number of hydrogen-bond donors (Lipinski definition) is 3. The summed E-state index contributed by atoms with van der Waals surface area (Å²) >= 11 is 0. The monoisotopic (exact) mass is 250 g/mol. The van der Waals surface area contributed by atoms with Crippen molar-refractivity contribution in [1.29, 1.82) is 0 Å². The molecule has 18 heavy (non-hydrogen) atoms. The van der Waals surface area contributed by atoms with Crippen molar-refractivity contribution in [1.82, 2.24) is 0 Å². The van der Waals surface area contributed by atoms with Crippen molar-refractivity contribution in [2.75, 3.05) is 11.9 Å². The van der Waals surface area contributed by atoms with Crippen LogP contribution in [0.25, 0.3) is 0 Å². The first-order chi connectivity index (χ1) is 8.76. The molecular formula is C15H26N2O. The van der Waals surface area contributed by atoms with E-state index in [1.165, 1.54) is 18.4 Å². The molecule has 0 aliphatic heterocycles. The van der Waals surface area contributed by atoms with E-state index in [0.29, 0.717) is 6.54 Å². The number of benzene rings is 1. The van der Waals surface area contributed by atoms with E-state index in [4.69, 9.17) is 5.73 Å². The average molecular weight is 250 g/mol. The standard InChI is InChI=1S/C15H26N2O/c1-2-3-6-13-8-10-14(11-9-13)17-15(18)7-4-5-12-16/h8-11,15,17-18H,2-7,12,16H2,1H3. The third kappa shape index (κ3) is 6.03. The van der Waals surface area contributed by atoms with Crippen molar-refractivity contribution < 1.29 is 5.11 Å². The van der Waals surface area contributed by atoms with Gasteiger partial charge in [-0.05, 0) is 56.3 Å². The van der Waals surface area contributed by atoms with Crippen LogP contribution >= 0.6 is 0 Å². The molecule has 0 aromatic heterocycles. The Bertz CT molecular complexity index is 311. The number of aryl methyl sites for hydroxylation is 1. The smallest absolute Gasteiger partial charge is 0.124 e. The fraction of sp³-hybridized carbons (Fsp3) is 0.600. The van der Waals surface area contributed by atoms with E-state index in [1.54, 1.807) is 0 Å². The summed E-state index contributed by atoms with van der Waals surface area (Å²) in [6.07, 6.45) is 5.78. The molecule has 1 unspecified atom stereocenters. The van der Waals surface area contributed by atoms with Crippen molar-refractivity contribution in [3.63, 3.8) is 0 Å². The number of unbranched alkanes of at least 4 members (excludes halogenated alkanes) is 2. The third-order valence-electron chi connectivity index (χ3n) is 3.04. The maximum Gasteiger partial charge on any atom is 0.124 e. The topological polar surface area (TPSA) is 58.3 Å². The maximum atomic E-state index is 9.79. The largest absolute Gasteiger partial charge is 0.374 e. The summed E-state index contributed by atoms with van der Waals surface area (Å²) in [4.78, 5) is 0. The molecule has 4 N–H and O–H groups in total. The molecular weight excluding hydrogens is 224 g/mol. The molecule has 3 nitrogen and oxygen atoms in total. The van der Waals surface area contributed by atoms with Crippen LogP contribution in [0.1, 0.15) is 44.6 Å². The van der Waals surface area contributed by atoms with Crippen LogP contribution < -0.4 is 11.1 Å². The van der Waals surface area contributed by atoms with Crippen molar-refractivity contribution in [2.24, 2.45) is 5.73 Å². The normalized spacial score (nSPS) is 12.4. The summed E-state index contributed by atoms with van der Waals surface area (Å²) in [5.74, 6) is 0. The highest BCUT2D eigenvalue weighted by Gasteiger charge is 2.03. The Hall–Kier alpha value is -1.06. The number of hydrogen-bond acceptors (Lipinski definition) is 3. The van der Waals surface area contributed by atoms with Crippen LogP contribution in [-0.2, 0) is 6.42 Å². The Morgan fingerprint density at radius 3 is 2.50 bits per heavy atom. The molecule has 0 radical (unpaired) electrons. The van der Waals surface area contributed by atoms with Gasteiger partial charge in [-0.15, -0.1) is 0 Å². The van der Waals surface area contributed by atoms with Crippen LogP contribution in [0.15, 0.2) is 24.3 Å². The second kappa shape index (κ2) is 8.95. The van der Waals surface area contributed by atoms with Gasteiger partial charge < -0.3 is 16.2 Å². The summed E-state index contributed by atoms with van der Waals surface area (Å²) in [6, 6.07) is 8.34. The Balaban J connectivity index is 2.33. The van der Waals surface area contributed by atoms with E-state index in [1.807, 2.05) is 12.1 Å². The minimum Gasteiger partial charge on any atom is -0.374 e. The molecule has 0 aliphatic rings. The van der Waals surface area contributed by atoms with Gasteiger partial charge in [0.25, 0.3) is 0 Å². The van der Waals surface area contributed by atoms with Gasteiger partial charge in [-0.2, -0.15) is 0 Å². The van der Waals surface area contributed by atoms with Gasteiger partial charge in [0.1, 0.15) is 6.23 Å². The van der Waals surface area contributed by atoms with E-state index in [0.717, 1.165) is 31.4 Å². The van der Waals surface area contributed by atoms with E-state index in [-0.39, 0.29) is 0 Å². The summed E-state index contributed by atoms with van der Waals surface area (Å²) < 4.78 is 0. The van der Waals surface area contributed by atoms with Crippen molar-refractivity contribution in [3.05, 3.63) is 29.8 Å². The number of aliphatic hydroxyl groups excluding tert-OH is 1. The average Bonchev–Trinajstić information content (AvgIpc) is 2.38. The van der Waals surface area contributed by atoms with Crippen LogP contribution in [0.4, 0.5) is 5.69 Å². The van der Waals surface area contributed by atoms with Crippen molar-refractivity contribution in [3.8, 4) is 0 Å². The zero-order valence-corrected chi connectivity index (χ0v) is 11.4. The second-order valence-electron chi connectivity index (χ2n) is 4.75. The van der Waals surface area contributed by atoms with Crippen molar-refractivity contribution >= 4 is 5.69 Å². The second-order valence-corrected chi connectivity index (χ2v) is 4.75. The first-order valence-corrected chi connectivity index (χ1v) is 7.00. The van der Waals surface area contributed by atoms with Gasteiger partial charge in [0.05, 0.1) is 0 Å². The zero-order valence-electron chi connectivity index (χ0n) is 11.4. The van der Waals surface area contributed by atoms with Gasteiger partial charge >= 0.3 is 0 Å². The minimum atomic E-state index is -0.474. The predicted molar refractivity (Wildman–Crippen MR) is 77.6 cm³/mol. The highest BCUT2D eigenvalue weighted by atomic mass is 16.3. The fourth-order valence-corrected chi connectivity index (χ4v) is 1.90. The molecule has 102 valence electrons. The van der Waals surface area contributed by atoms with E-state index in [2.05, 4.69) is 24.4 Å². The molecule has 3 heteroatoms. The van der Waals surface area contributed by atoms with Crippen LogP contribution in [-0.4, -0.2) is 17.9 Å². The van der Waals surface area contributed by atoms with Gasteiger partial charge in [0, 0.05) is 5.69 Å². The molecule has 1 atom stereocenters. The van der Waals surface area contributed by atoms with Gasteiger partial charge in [0.15, 0.2) is 0 Å². The lowest BCUT2D eigenvalue weighted by molar-refractivity contribution is 0.189. The molecule has 0 bridgehead atoms. The van der Waals surface area contributed by atoms with Crippen molar-refractivity contribution in [2.45, 2.75) is 51.7 Å².